The molecule has 0 bridgehead atoms. The van der Waals surface area contributed by atoms with Crippen LogP contribution in [0.2, 0.25) is 5.02 Å². The Kier molecular flexibility index (Phi) is 6.08. The van der Waals surface area contributed by atoms with Gasteiger partial charge in [0.15, 0.2) is 0 Å². The lowest BCUT2D eigenvalue weighted by molar-refractivity contribution is 0.324. The van der Waals surface area contributed by atoms with Gasteiger partial charge in [-0.3, -0.25) is 4.79 Å². The van der Waals surface area contributed by atoms with Gasteiger partial charge in [-0.25, -0.2) is 4.98 Å². The SMILES string of the molecule is CCN(CC)CCSCc1nc2ccc(Cl)cc2c(=O)[nH]1. The molecule has 0 saturated heterocycles. The van der Waals surface area contributed by atoms with Gasteiger partial charge in [0.05, 0.1) is 16.7 Å². The smallest absolute Gasteiger partial charge is 0.258 e. The zero-order valence-electron chi connectivity index (χ0n) is 12.4. The van der Waals surface area contributed by atoms with Gasteiger partial charge in [0.2, 0.25) is 0 Å². The van der Waals surface area contributed by atoms with Crippen molar-refractivity contribution in [2.75, 3.05) is 25.4 Å². The van der Waals surface area contributed by atoms with Crippen LogP contribution in [0, 0.1) is 0 Å². The molecule has 0 aliphatic heterocycles. The van der Waals surface area contributed by atoms with Gasteiger partial charge >= 0.3 is 0 Å². The van der Waals surface area contributed by atoms with Crippen molar-refractivity contribution in [3.8, 4) is 0 Å². The average molecular weight is 326 g/mol. The number of aromatic nitrogens is 2. The molecule has 0 aliphatic rings. The van der Waals surface area contributed by atoms with Gasteiger partial charge in [-0.2, -0.15) is 11.8 Å². The van der Waals surface area contributed by atoms with Crippen LogP contribution in [0.1, 0.15) is 19.7 Å². The monoisotopic (exact) mass is 325 g/mol. The second-order valence-electron chi connectivity index (χ2n) is 4.75. The van der Waals surface area contributed by atoms with Crippen LogP contribution in [0.3, 0.4) is 0 Å². The molecular weight excluding hydrogens is 306 g/mol. The van der Waals surface area contributed by atoms with E-state index in [0.717, 1.165) is 37.0 Å². The van der Waals surface area contributed by atoms with Crippen LogP contribution in [0.5, 0.6) is 0 Å². The normalized spacial score (nSPS) is 11.4. The first kappa shape index (κ1) is 16.3. The topological polar surface area (TPSA) is 49.0 Å². The minimum Gasteiger partial charge on any atom is -0.309 e. The number of thioether (sulfide) groups is 1. The number of rotatable bonds is 7. The van der Waals surface area contributed by atoms with Gasteiger partial charge in [-0.05, 0) is 31.3 Å². The second-order valence-corrected chi connectivity index (χ2v) is 6.30. The van der Waals surface area contributed by atoms with Crippen molar-refractivity contribution in [1.82, 2.24) is 14.9 Å². The minimum atomic E-state index is -0.123. The van der Waals surface area contributed by atoms with E-state index in [1.54, 1.807) is 30.0 Å². The number of halogens is 1. The van der Waals surface area contributed by atoms with Crippen LogP contribution < -0.4 is 5.56 Å². The minimum absolute atomic E-state index is 0.123. The fraction of sp³-hybridized carbons (Fsp3) is 0.467. The molecule has 0 atom stereocenters. The molecule has 2 aromatic rings. The van der Waals surface area contributed by atoms with E-state index >= 15 is 0 Å². The first-order valence-electron chi connectivity index (χ1n) is 7.12. The summed E-state index contributed by atoms with van der Waals surface area (Å²) in [6.07, 6.45) is 0. The van der Waals surface area contributed by atoms with Crippen LogP contribution in [-0.2, 0) is 5.75 Å². The van der Waals surface area contributed by atoms with Crippen molar-refractivity contribution in [2.45, 2.75) is 19.6 Å². The van der Waals surface area contributed by atoms with Gasteiger partial charge in [0.25, 0.3) is 5.56 Å². The highest BCUT2D eigenvalue weighted by molar-refractivity contribution is 7.98. The Balaban J connectivity index is 2.00. The molecule has 1 aromatic heterocycles. The highest BCUT2D eigenvalue weighted by atomic mass is 35.5. The number of fused-ring (bicyclic) bond motifs is 1. The maximum absolute atomic E-state index is 12.0. The van der Waals surface area contributed by atoms with Crippen LogP contribution in [0.15, 0.2) is 23.0 Å². The number of nitrogens with zero attached hydrogens (tertiary/aromatic N) is 2. The molecule has 4 nitrogen and oxygen atoms in total. The van der Waals surface area contributed by atoms with Crippen molar-refractivity contribution in [2.24, 2.45) is 0 Å². The van der Waals surface area contributed by atoms with E-state index in [0.29, 0.717) is 15.9 Å². The molecule has 114 valence electrons. The Morgan fingerprint density at radius 2 is 2.10 bits per heavy atom. The first-order chi connectivity index (χ1) is 10.1. The third-order valence-electron chi connectivity index (χ3n) is 3.40. The molecule has 0 radical (unpaired) electrons. The summed E-state index contributed by atoms with van der Waals surface area (Å²) in [5.41, 5.74) is 0.573. The Bertz CT molecular complexity index is 655. The van der Waals surface area contributed by atoms with Crippen LogP contribution in [0.4, 0.5) is 0 Å². The molecule has 0 unspecified atom stereocenters. The number of nitrogens with one attached hydrogen (secondary N) is 1. The Morgan fingerprint density at radius 1 is 1.33 bits per heavy atom. The van der Waals surface area contributed by atoms with Crippen LogP contribution in [0.25, 0.3) is 10.9 Å². The highest BCUT2D eigenvalue weighted by Gasteiger charge is 2.05. The number of benzene rings is 1. The van der Waals surface area contributed by atoms with Crippen molar-refractivity contribution in [3.63, 3.8) is 0 Å². The summed E-state index contributed by atoms with van der Waals surface area (Å²) in [6, 6.07) is 5.20. The van der Waals surface area contributed by atoms with E-state index in [9.17, 15) is 4.79 Å². The quantitative estimate of drug-likeness (QED) is 0.794. The summed E-state index contributed by atoms with van der Waals surface area (Å²) in [4.78, 5) is 21.7. The van der Waals surface area contributed by atoms with E-state index in [2.05, 4.69) is 28.7 Å². The Labute approximate surface area is 133 Å². The molecule has 21 heavy (non-hydrogen) atoms. The molecule has 0 fully saturated rings. The number of hydrogen-bond donors (Lipinski definition) is 1. The average Bonchev–Trinajstić information content (AvgIpc) is 2.48. The molecule has 0 spiro atoms. The van der Waals surface area contributed by atoms with Gasteiger partial charge < -0.3 is 9.88 Å². The number of hydrogen-bond acceptors (Lipinski definition) is 4. The van der Waals surface area contributed by atoms with Gasteiger partial charge in [-0.1, -0.05) is 25.4 Å². The fourth-order valence-electron chi connectivity index (χ4n) is 2.13. The summed E-state index contributed by atoms with van der Waals surface area (Å²) >= 11 is 7.69. The van der Waals surface area contributed by atoms with Gasteiger partial charge in [-0.15, -0.1) is 0 Å². The van der Waals surface area contributed by atoms with Crippen molar-refractivity contribution in [1.29, 1.82) is 0 Å². The highest BCUT2D eigenvalue weighted by Crippen LogP contribution is 2.16. The third-order valence-corrected chi connectivity index (χ3v) is 4.59. The molecule has 0 amide bonds. The van der Waals surface area contributed by atoms with Gasteiger partial charge in [0.1, 0.15) is 5.82 Å². The molecule has 0 saturated carbocycles. The summed E-state index contributed by atoms with van der Waals surface area (Å²) in [7, 11) is 0. The molecular formula is C15H20ClN3OS. The van der Waals surface area contributed by atoms with Crippen molar-refractivity contribution >= 4 is 34.3 Å². The first-order valence-corrected chi connectivity index (χ1v) is 8.65. The molecule has 1 aromatic carbocycles. The predicted molar refractivity (Wildman–Crippen MR) is 91.3 cm³/mol. The van der Waals surface area contributed by atoms with Crippen LogP contribution >= 0.6 is 23.4 Å². The summed E-state index contributed by atoms with van der Waals surface area (Å²) in [6.45, 7) is 7.54. The van der Waals surface area contributed by atoms with Crippen molar-refractivity contribution < 1.29 is 0 Å². The van der Waals surface area contributed by atoms with Gasteiger partial charge in [0, 0.05) is 17.3 Å². The second kappa shape index (κ2) is 7.82. The molecule has 2 rings (SSSR count). The number of H-pyrrole nitrogens is 1. The maximum atomic E-state index is 12.0. The lowest BCUT2D eigenvalue weighted by atomic mass is 10.2. The standard InChI is InChI=1S/C15H20ClN3OS/c1-3-19(4-2)7-8-21-10-14-17-13-6-5-11(16)9-12(13)15(20)18-14/h5-6,9H,3-4,7-8,10H2,1-2H3,(H,17,18,20). The molecule has 6 heteroatoms. The molecule has 1 N–H and O–H groups in total. The predicted octanol–water partition coefficient (Wildman–Crippen LogP) is 3.15. The summed E-state index contributed by atoms with van der Waals surface area (Å²) in [5.74, 6) is 2.47. The summed E-state index contributed by atoms with van der Waals surface area (Å²) in [5, 5.41) is 1.09. The van der Waals surface area contributed by atoms with E-state index in [1.165, 1.54) is 0 Å². The van der Waals surface area contributed by atoms with E-state index < -0.39 is 0 Å². The van der Waals surface area contributed by atoms with E-state index in [-0.39, 0.29) is 5.56 Å². The zero-order valence-corrected chi connectivity index (χ0v) is 13.9. The number of aromatic amines is 1. The van der Waals surface area contributed by atoms with Crippen LogP contribution in [-0.4, -0.2) is 40.3 Å². The fourth-order valence-corrected chi connectivity index (χ4v) is 3.16. The third kappa shape index (κ3) is 4.46. The van der Waals surface area contributed by atoms with E-state index in [4.69, 9.17) is 11.6 Å². The van der Waals surface area contributed by atoms with Crippen molar-refractivity contribution in [3.05, 3.63) is 39.4 Å². The lowest BCUT2D eigenvalue weighted by Crippen LogP contribution is -2.25. The zero-order chi connectivity index (χ0) is 15.2. The Morgan fingerprint density at radius 3 is 2.81 bits per heavy atom. The Hall–Kier alpha value is -1.04. The maximum Gasteiger partial charge on any atom is 0.258 e. The lowest BCUT2D eigenvalue weighted by Gasteiger charge is -2.17. The van der Waals surface area contributed by atoms with E-state index in [1.807, 2.05) is 0 Å². The molecule has 1 heterocycles. The largest absolute Gasteiger partial charge is 0.309 e. The molecule has 0 aliphatic carbocycles. The summed E-state index contributed by atoms with van der Waals surface area (Å²) < 4.78 is 0.